The Morgan fingerprint density at radius 1 is 1.12 bits per heavy atom. The summed E-state index contributed by atoms with van der Waals surface area (Å²) in [7, 11) is 1.61. The number of para-hydroxylation sites is 1. The lowest BCUT2D eigenvalue weighted by atomic mass is 9.84. The molecule has 1 aromatic heterocycles. The van der Waals surface area contributed by atoms with E-state index in [2.05, 4.69) is 0 Å². The molecular weight excluding hydrogens is 330 g/mol. The van der Waals surface area contributed by atoms with E-state index in [9.17, 15) is 14.7 Å². The first-order valence-electron chi connectivity index (χ1n) is 8.86. The molecule has 1 fully saturated rings. The molecule has 26 heavy (non-hydrogen) atoms. The van der Waals surface area contributed by atoms with Crippen molar-refractivity contribution >= 4 is 11.6 Å². The van der Waals surface area contributed by atoms with E-state index in [-0.39, 0.29) is 17.1 Å². The third-order valence-electron chi connectivity index (χ3n) is 5.61. The molecule has 1 N–H and O–H groups in total. The van der Waals surface area contributed by atoms with Crippen LogP contribution in [0.5, 0.6) is 5.75 Å². The number of methoxy groups -OCH3 is 1. The highest BCUT2D eigenvalue weighted by atomic mass is 16.5. The number of Topliss-reactive ketones (excluding diaryl/α,β-unsaturated/α-hetero) is 2. The zero-order valence-electron chi connectivity index (χ0n) is 14.9. The van der Waals surface area contributed by atoms with Crippen molar-refractivity contribution in [1.82, 2.24) is 4.57 Å². The van der Waals surface area contributed by atoms with Gasteiger partial charge in [-0.15, -0.1) is 0 Å². The quantitative estimate of drug-likeness (QED) is 0.848. The van der Waals surface area contributed by atoms with Crippen LogP contribution in [0.15, 0.2) is 47.7 Å². The Morgan fingerprint density at radius 2 is 1.77 bits per heavy atom. The Bertz CT molecular complexity index is 945. The Balaban J connectivity index is 2.02. The number of ketones is 2. The van der Waals surface area contributed by atoms with Gasteiger partial charge in [0.2, 0.25) is 5.78 Å². The highest BCUT2D eigenvalue weighted by Crippen LogP contribution is 2.49. The van der Waals surface area contributed by atoms with Crippen molar-refractivity contribution in [3.63, 3.8) is 0 Å². The SMILES string of the molecule is COc1ccccc1-c1ccc2n1C1(CCCC1)C(O)=C(C(C)=O)C2=O. The number of nitrogens with zero attached hydrogens (tertiary/aromatic N) is 1. The van der Waals surface area contributed by atoms with E-state index in [0.29, 0.717) is 24.3 Å². The van der Waals surface area contributed by atoms with Gasteiger partial charge in [0.25, 0.3) is 0 Å². The molecule has 0 saturated heterocycles. The number of aromatic nitrogens is 1. The fourth-order valence-electron chi connectivity index (χ4n) is 4.46. The van der Waals surface area contributed by atoms with Crippen LogP contribution in [0.25, 0.3) is 11.3 Å². The molecule has 5 nitrogen and oxygen atoms in total. The number of fused-ring (bicyclic) bond motifs is 2. The van der Waals surface area contributed by atoms with Crippen LogP contribution in [0.1, 0.15) is 43.1 Å². The second-order valence-corrected chi connectivity index (χ2v) is 6.99. The maximum atomic E-state index is 12.9. The molecule has 1 aliphatic carbocycles. The van der Waals surface area contributed by atoms with Crippen LogP contribution < -0.4 is 4.74 Å². The molecule has 5 heteroatoms. The normalized spacial score (nSPS) is 18.3. The molecule has 2 heterocycles. The number of ether oxygens (including phenoxy) is 1. The first-order valence-corrected chi connectivity index (χ1v) is 8.86. The Labute approximate surface area is 151 Å². The molecule has 0 bridgehead atoms. The second kappa shape index (κ2) is 5.87. The van der Waals surface area contributed by atoms with Crippen LogP contribution in [0.2, 0.25) is 0 Å². The van der Waals surface area contributed by atoms with Gasteiger partial charge in [-0.25, -0.2) is 0 Å². The number of benzene rings is 1. The van der Waals surface area contributed by atoms with E-state index in [0.717, 1.165) is 24.1 Å². The minimum Gasteiger partial charge on any atom is -0.509 e. The van der Waals surface area contributed by atoms with Crippen molar-refractivity contribution in [2.75, 3.05) is 7.11 Å². The first-order chi connectivity index (χ1) is 12.5. The predicted octanol–water partition coefficient (Wildman–Crippen LogP) is 4.03. The number of carbonyl (C=O) groups is 2. The van der Waals surface area contributed by atoms with E-state index >= 15 is 0 Å². The fraction of sp³-hybridized carbons (Fsp3) is 0.333. The summed E-state index contributed by atoms with van der Waals surface area (Å²) in [5.74, 6) is -0.166. The molecule has 0 atom stereocenters. The van der Waals surface area contributed by atoms with Gasteiger partial charge in [-0.3, -0.25) is 9.59 Å². The Kier molecular flexibility index (Phi) is 3.75. The highest BCUT2D eigenvalue weighted by Gasteiger charge is 2.49. The lowest BCUT2D eigenvalue weighted by Crippen LogP contribution is -2.42. The van der Waals surface area contributed by atoms with Gasteiger partial charge in [0.15, 0.2) is 5.78 Å². The van der Waals surface area contributed by atoms with E-state index in [4.69, 9.17) is 4.74 Å². The van der Waals surface area contributed by atoms with Gasteiger partial charge >= 0.3 is 0 Å². The van der Waals surface area contributed by atoms with Crippen molar-refractivity contribution in [2.45, 2.75) is 38.1 Å². The summed E-state index contributed by atoms with van der Waals surface area (Å²) in [6.45, 7) is 1.34. The average Bonchev–Trinajstić information content (AvgIpc) is 3.28. The van der Waals surface area contributed by atoms with E-state index in [1.807, 2.05) is 34.9 Å². The molecule has 0 radical (unpaired) electrons. The largest absolute Gasteiger partial charge is 0.509 e. The lowest BCUT2D eigenvalue weighted by molar-refractivity contribution is -0.113. The van der Waals surface area contributed by atoms with Crippen LogP contribution in [0, 0.1) is 0 Å². The maximum absolute atomic E-state index is 12.9. The second-order valence-electron chi connectivity index (χ2n) is 6.99. The van der Waals surface area contributed by atoms with Gasteiger partial charge in [0.05, 0.1) is 18.5 Å². The minimum absolute atomic E-state index is 0.0657. The highest BCUT2D eigenvalue weighted by molar-refractivity contribution is 6.26. The van der Waals surface area contributed by atoms with E-state index in [1.54, 1.807) is 13.2 Å². The van der Waals surface area contributed by atoms with Crippen LogP contribution >= 0.6 is 0 Å². The molecule has 1 aromatic carbocycles. The summed E-state index contributed by atoms with van der Waals surface area (Å²) in [5, 5.41) is 11.0. The number of allylic oxidation sites excluding steroid dienone is 2. The fourth-order valence-corrected chi connectivity index (χ4v) is 4.46. The summed E-state index contributed by atoms with van der Waals surface area (Å²) in [6, 6.07) is 11.2. The number of aliphatic hydroxyl groups is 1. The van der Waals surface area contributed by atoms with Crippen LogP contribution in [-0.4, -0.2) is 28.3 Å². The van der Waals surface area contributed by atoms with Crippen molar-refractivity contribution in [2.24, 2.45) is 0 Å². The molecule has 2 aromatic rings. The number of aliphatic hydroxyl groups excluding tert-OH is 1. The number of rotatable bonds is 3. The molecule has 0 unspecified atom stereocenters. The molecule has 1 saturated carbocycles. The molecule has 0 amide bonds. The van der Waals surface area contributed by atoms with Gasteiger partial charge < -0.3 is 14.4 Å². The third kappa shape index (κ3) is 2.09. The van der Waals surface area contributed by atoms with Gasteiger partial charge in [0.1, 0.15) is 22.6 Å². The smallest absolute Gasteiger partial charge is 0.216 e. The lowest BCUT2D eigenvalue weighted by Gasteiger charge is -2.38. The zero-order valence-corrected chi connectivity index (χ0v) is 14.9. The number of carbonyl (C=O) groups excluding carboxylic acids is 2. The zero-order chi connectivity index (χ0) is 18.5. The third-order valence-corrected chi connectivity index (χ3v) is 5.61. The molecular formula is C21H21NO4. The van der Waals surface area contributed by atoms with Gasteiger partial charge in [0, 0.05) is 5.56 Å². The average molecular weight is 351 g/mol. The van der Waals surface area contributed by atoms with Crippen molar-refractivity contribution < 1.29 is 19.4 Å². The van der Waals surface area contributed by atoms with E-state index < -0.39 is 11.3 Å². The molecule has 134 valence electrons. The summed E-state index contributed by atoms with van der Waals surface area (Å²) >= 11 is 0. The van der Waals surface area contributed by atoms with Gasteiger partial charge in [-0.1, -0.05) is 25.0 Å². The molecule has 1 spiro atoms. The topological polar surface area (TPSA) is 68.5 Å². The molecule has 1 aliphatic heterocycles. The van der Waals surface area contributed by atoms with Crippen molar-refractivity contribution in [3.8, 4) is 17.0 Å². The number of hydrogen-bond acceptors (Lipinski definition) is 4. The first kappa shape index (κ1) is 16.6. The van der Waals surface area contributed by atoms with E-state index in [1.165, 1.54) is 6.92 Å². The summed E-state index contributed by atoms with van der Waals surface area (Å²) in [5.41, 5.74) is 1.34. The minimum atomic E-state index is -0.732. The van der Waals surface area contributed by atoms with Crippen molar-refractivity contribution in [1.29, 1.82) is 0 Å². The summed E-state index contributed by atoms with van der Waals surface area (Å²) in [6.07, 6.45) is 3.28. The maximum Gasteiger partial charge on any atom is 0.216 e. The van der Waals surface area contributed by atoms with Crippen molar-refractivity contribution in [3.05, 3.63) is 53.4 Å². The van der Waals surface area contributed by atoms with Gasteiger partial charge in [-0.2, -0.15) is 0 Å². The predicted molar refractivity (Wildman–Crippen MR) is 97.5 cm³/mol. The summed E-state index contributed by atoms with van der Waals surface area (Å²) in [4.78, 5) is 25.0. The van der Waals surface area contributed by atoms with Gasteiger partial charge in [-0.05, 0) is 44.0 Å². The molecule has 4 rings (SSSR count). The Hall–Kier alpha value is -2.82. The van der Waals surface area contributed by atoms with Crippen LogP contribution in [0.4, 0.5) is 0 Å². The standard InChI is InChI=1S/C21H21NO4/c1-13(23)18-19(24)16-10-9-15(14-7-3-4-8-17(14)26-2)22(16)21(20(18)25)11-5-6-12-21/h3-4,7-10,25H,5-6,11-12H2,1-2H3. The summed E-state index contributed by atoms with van der Waals surface area (Å²) < 4.78 is 7.43. The number of hydrogen-bond donors (Lipinski definition) is 1. The monoisotopic (exact) mass is 351 g/mol. The molecule has 2 aliphatic rings. The van der Waals surface area contributed by atoms with Crippen LogP contribution in [-0.2, 0) is 10.3 Å². The Morgan fingerprint density at radius 3 is 2.42 bits per heavy atom. The van der Waals surface area contributed by atoms with Crippen LogP contribution in [0.3, 0.4) is 0 Å².